The van der Waals surface area contributed by atoms with Gasteiger partial charge in [-0.15, -0.1) is 0 Å². The summed E-state index contributed by atoms with van der Waals surface area (Å²) >= 11 is 1.54. The number of amidine groups is 1. The minimum atomic E-state index is 0.238. The first-order valence-corrected chi connectivity index (χ1v) is 8.38. The number of aryl methyl sites for hydroxylation is 1. The molecule has 22 heavy (non-hydrogen) atoms. The minimum Gasteiger partial charge on any atom is -0.493 e. The fraction of sp³-hybridized carbons (Fsp3) is 0.562. The van der Waals surface area contributed by atoms with Crippen molar-refractivity contribution >= 4 is 16.9 Å². The highest BCUT2D eigenvalue weighted by molar-refractivity contribution is 8.13. The van der Waals surface area contributed by atoms with E-state index in [0.717, 1.165) is 47.8 Å². The molecule has 2 rings (SSSR count). The van der Waals surface area contributed by atoms with Crippen LogP contribution in [0.15, 0.2) is 17.1 Å². The van der Waals surface area contributed by atoms with Gasteiger partial charge in [-0.3, -0.25) is 4.99 Å². The number of hydrogen-bond acceptors (Lipinski definition) is 5. The van der Waals surface area contributed by atoms with Crippen LogP contribution in [0.4, 0.5) is 0 Å². The first-order valence-electron chi connectivity index (χ1n) is 7.40. The Balaban J connectivity index is 1.93. The van der Waals surface area contributed by atoms with Gasteiger partial charge in [0.25, 0.3) is 0 Å². The molecule has 1 saturated heterocycles. The third kappa shape index (κ3) is 4.55. The molecular weight excluding hydrogens is 300 g/mol. The van der Waals surface area contributed by atoms with Crippen LogP contribution in [0.25, 0.3) is 0 Å². The van der Waals surface area contributed by atoms with Gasteiger partial charge < -0.3 is 19.9 Å². The maximum absolute atomic E-state index is 5.98. The number of hydrogen-bond donors (Lipinski definition) is 1. The first-order chi connectivity index (χ1) is 10.6. The zero-order valence-electron chi connectivity index (χ0n) is 13.4. The number of methoxy groups -OCH3 is 2. The lowest BCUT2D eigenvalue weighted by molar-refractivity contribution is 0.118. The van der Waals surface area contributed by atoms with Gasteiger partial charge in [0.05, 0.1) is 26.9 Å². The Morgan fingerprint density at radius 1 is 1.36 bits per heavy atom. The van der Waals surface area contributed by atoms with Crippen LogP contribution in [0.1, 0.15) is 24.0 Å². The van der Waals surface area contributed by atoms with Crippen LogP contribution in [0.2, 0.25) is 0 Å². The van der Waals surface area contributed by atoms with Gasteiger partial charge in [-0.1, -0.05) is 11.8 Å². The van der Waals surface area contributed by atoms with Gasteiger partial charge >= 0.3 is 0 Å². The Hall–Kier alpha value is -1.40. The van der Waals surface area contributed by atoms with Gasteiger partial charge in [0.15, 0.2) is 16.7 Å². The standard InChI is InChI=1S/C16H24N2O3S/c1-11-7-14(19-2)15(20-3)8-12(11)10-22-16(17)18-9-13-5-4-6-21-13/h7-8,13H,4-6,9-10H2,1-3H3,(H2,17,18)/t13-/m0/s1. The normalized spacial score (nSPS) is 18.5. The van der Waals surface area contributed by atoms with E-state index in [1.165, 1.54) is 11.8 Å². The van der Waals surface area contributed by atoms with Crippen LogP contribution in [-0.2, 0) is 10.5 Å². The monoisotopic (exact) mass is 324 g/mol. The molecule has 0 unspecified atom stereocenters. The molecule has 1 aromatic rings. The fourth-order valence-electron chi connectivity index (χ4n) is 2.36. The molecule has 122 valence electrons. The van der Waals surface area contributed by atoms with Crippen molar-refractivity contribution < 1.29 is 14.2 Å². The summed E-state index contributed by atoms with van der Waals surface area (Å²) in [5.41, 5.74) is 8.29. The minimum absolute atomic E-state index is 0.238. The number of rotatable bonds is 6. The molecule has 1 aliphatic rings. The maximum Gasteiger partial charge on any atom is 0.161 e. The van der Waals surface area contributed by atoms with Crippen LogP contribution in [0, 0.1) is 6.92 Å². The molecule has 0 radical (unpaired) electrons. The summed E-state index contributed by atoms with van der Waals surface area (Å²) in [6, 6.07) is 3.98. The molecule has 1 atom stereocenters. The molecule has 1 aromatic carbocycles. The summed E-state index contributed by atoms with van der Waals surface area (Å²) in [6.45, 7) is 3.55. The van der Waals surface area contributed by atoms with E-state index in [1.807, 2.05) is 12.1 Å². The summed E-state index contributed by atoms with van der Waals surface area (Å²) in [5.74, 6) is 2.24. The predicted octanol–water partition coefficient (Wildman–Crippen LogP) is 2.74. The zero-order chi connectivity index (χ0) is 15.9. The van der Waals surface area contributed by atoms with Gasteiger partial charge in [-0.05, 0) is 43.0 Å². The van der Waals surface area contributed by atoms with Crippen LogP contribution < -0.4 is 15.2 Å². The first kappa shape index (κ1) is 17.0. The number of nitrogens with two attached hydrogens (primary N) is 1. The fourth-order valence-corrected chi connectivity index (χ4v) is 3.14. The molecule has 0 saturated carbocycles. The molecule has 0 bridgehead atoms. The van der Waals surface area contributed by atoms with Crippen molar-refractivity contribution in [2.24, 2.45) is 10.7 Å². The van der Waals surface area contributed by atoms with Crippen molar-refractivity contribution in [2.45, 2.75) is 31.6 Å². The van der Waals surface area contributed by atoms with Crippen LogP contribution in [0.3, 0.4) is 0 Å². The Kier molecular flexibility index (Phi) is 6.39. The second-order valence-corrected chi connectivity index (χ2v) is 6.23. The summed E-state index contributed by atoms with van der Waals surface area (Å²) in [7, 11) is 3.28. The highest BCUT2D eigenvalue weighted by Gasteiger charge is 2.15. The third-order valence-electron chi connectivity index (χ3n) is 3.69. The second kappa shape index (κ2) is 8.29. The van der Waals surface area contributed by atoms with Gasteiger partial charge in [0, 0.05) is 12.4 Å². The largest absolute Gasteiger partial charge is 0.493 e. The quantitative estimate of drug-likeness (QED) is 0.644. The number of benzene rings is 1. The topological polar surface area (TPSA) is 66.1 Å². The van der Waals surface area contributed by atoms with Crippen molar-refractivity contribution in [2.75, 3.05) is 27.4 Å². The van der Waals surface area contributed by atoms with E-state index in [9.17, 15) is 0 Å². The molecule has 0 amide bonds. The summed E-state index contributed by atoms with van der Waals surface area (Å²) < 4.78 is 16.2. The van der Waals surface area contributed by atoms with Crippen LogP contribution in [-0.4, -0.2) is 38.6 Å². The predicted molar refractivity (Wildman–Crippen MR) is 91.0 cm³/mol. The third-order valence-corrected chi connectivity index (χ3v) is 4.57. The van der Waals surface area contributed by atoms with E-state index in [1.54, 1.807) is 14.2 Å². The van der Waals surface area contributed by atoms with Crippen LogP contribution >= 0.6 is 11.8 Å². The molecule has 0 spiro atoms. The Morgan fingerprint density at radius 2 is 2.09 bits per heavy atom. The highest BCUT2D eigenvalue weighted by Crippen LogP contribution is 2.31. The second-order valence-electron chi connectivity index (χ2n) is 5.24. The lowest BCUT2D eigenvalue weighted by Gasteiger charge is -2.12. The molecule has 0 aliphatic carbocycles. The molecule has 6 heteroatoms. The molecule has 2 N–H and O–H groups in total. The molecule has 5 nitrogen and oxygen atoms in total. The van der Waals surface area contributed by atoms with Crippen molar-refractivity contribution in [1.82, 2.24) is 0 Å². The summed E-state index contributed by atoms with van der Waals surface area (Å²) in [5, 5.41) is 0.602. The number of nitrogens with zero attached hydrogens (tertiary/aromatic N) is 1. The lowest BCUT2D eigenvalue weighted by atomic mass is 10.1. The summed E-state index contributed by atoms with van der Waals surface area (Å²) in [4.78, 5) is 4.40. The molecule has 1 heterocycles. The van der Waals surface area contributed by atoms with Gasteiger partial charge in [0.2, 0.25) is 0 Å². The van der Waals surface area contributed by atoms with Gasteiger partial charge in [0.1, 0.15) is 0 Å². The van der Waals surface area contributed by atoms with E-state index >= 15 is 0 Å². The van der Waals surface area contributed by atoms with Crippen LogP contribution in [0.5, 0.6) is 11.5 Å². The maximum atomic E-state index is 5.98. The molecule has 1 aliphatic heterocycles. The number of ether oxygens (including phenoxy) is 3. The van der Waals surface area contributed by atoms with Crippen molar-refractivity contribution in [1.29, 1.82) is 0 Å². The number of thioether (sulfide) groups is 1. The lowest BCUT2D eigenvalue weighted by Crippen LogP contribution is -2.14. The molecule has 0 aromatic heterocycles. The van der Waals surface area contributed by atoms with Crippen molar-refractivity contribution in [3.63, 3.8) is 0 Å². The van der Waals surface area contributed by atoms with E-state index in [0.29, 0.717) is 11.7 Å². The van der Waals surface area contributed by atoms with E-state index in [-0.39, 0.29) is 6.10 Å². The van der Waals surface area contributed by atoms with Gasteiger partial charge in [-0.2, -0.15) is 0 Å². The number of aliphatic imine (C=N–C) groups is 1. The van der Waals surface area contributed by atoms with Crippen molar-refractivity contribution in [3.05, 3.63) is 23.3 Å². The van der Waals surface area contributed by atoms with E-state index < -0.39 is 0 Å². The smallest absolute Gasteiger partial charge is 0.161 e. The van der Waals surface area contributed by atoms with Gasteiger partial charge in [-0.25, -0.2) is 0 Å². The summed E-state index contributed by atoms with van der Waals surface area (Å²) in [6.07, 6.45) is 2.44. The van der Waals surface area contributed by atoms with E-state index in [2.05, 4.69) is 11.9 Å². The Morgan fingerprint density at radius 3 is 2.73 bits per heavy atom. The Labute approximate surface area is 136 Å². The van der Waals surface area contributed by atoms with E-state index in [4.69, 9.17) is 19.9 Å². The zero-order valence-corrected chi connectivity index (χ0v) is 14.2. The average Bonchev–Trinajstić information content (AvgIpc) is 3.04. The highest BCUT2D eigenvalue weighted by atomic mass is 32.2. The Bertz CT molecular complexity index is 528. The van der Waals surface area contributed by atoms with Crippen molar-refractivity contribution in [3.8, 4) is 11.5 Å². The molecular formula is C16H24N2O3S. The SMILES string of the molecule is COc1cc(C)c(CSC(N)=NC[C@@H]2CCCO2)cc1OC. The molecule has 1 fully saturated rings. The average molecular weight is 324 g/mol.